The number of aliphatic hydroxyl groups is 4. The molecule has 1 saturated heterocycles. The number of carbonyl (C=O) groups is 1. The highest BCUT2D eigenvalue weighted by Gasteiger charge is 2.63. The van der Waals surface area contributed by atoms with Crippen LogP contribution >= 0.6 is 0 Å². The van der Waals surface area contributed by atoms with Crippen LogP contribution in [0, 0.1) is 46.3 Å². The molecule has 6 aliphatic rings. The third-order valence-electron chi connectivity index (χ3n) is 13.2. The summed E-state index contributed by atoms with van der Waals surface area (Å²) >= 11 is 0. The minimum absolute atomic E-state index is 0.0592. The van der Waals surface area contributed by atoms with Crippen LogP contribution in [-0.4, -0.2) is 88.2 Å². The lowest BCUT2D eigenvalue weighted by Crippen LogP contribution is -2.60. The summed E-state index contributed by atoms with van der Waals surface area (Å²) in [5.41, 5.74) is 2.89. The number of aliphatic hydroxyl groups excluding tert-OH is 4. The summed E-state index contributed by atoms with van der Waals surface area (Å²) in [5.74, 6) is 2.62. The monoisotopic (exact) mass is 617 g/mol. The number of nitrogens with zero attached hydrogens (tertiary/aromatic N) is 1. The van der Waals surface area contributed by atoms with Gasteiger partial charge in [-0.3, -0.25) is 9.79 Å². The fourth-order valence-corrected chi connectivity index (χ4v) is 10.8. The molecule has 0 aromatic heterocycles. The fraction of sp³-hybridized carbons (Fsp3) is 0.886. The molecule has 0 bridgehead atoms. The van der Waals surface area contributed by atoms with Gasteiger partial charge in [0, 0.05) is 31.0 Å². The van der Waals surface area contributed by atoms with Crippen molar-refractivity contribution in [2.75, 3.05) is 13.2 Å². The van der Waals surface area contributed by atoms with Crippen molar-refractivity contribution in [1.82, 2.24) is 0 Å². The van der Waals surface area contributed by atoms with Crippen LogP contribution in [0.1, 0.15) is 92.4 Å². The number of fused-ring (bicyclic) bond motifs is 5. The number of allylic oxidation sites excluding steroid dienone is 1. The fourth-order valence-electron chi connectivity index (χ4n) is 10.8. The number of hydrogen-bond acceptors (Lipinski definition) is 9. The van der Waals surface area contributed by atoms with Crippen molar-refractivity contribution in [3.8, 4) is 0 Å². The molecule has 4 N–H and O–H groups in total. The zero-order valence-corrected chi connectivity index (χ0v) is 27.2. The molecule has 2 aliphatic heterocycles. The van der Waals surface area contributed by atoms with Crippen molar-refractivity contribution >= 4 is 11.7 Å². The van der Waals surface area contributed by atoms with Gasteiger partial charge in [0.05, 0.1) is 12.7 Å². The van der Waals surface area contributed by atoms with Crippen molar-refractivity contribution in [2.24, 2.45) is 51.3 Å². The number of rotatable bonds is 6. The number of aliphatic imine (C=N–C) groups is 1. The molecule has 248 valence electrons. The van der Waals surface area contributed by atoms with E-state index in [1.165, 1.54) is 17.7 Å². The van der Waals surface area contributed by atoms with E-state index in [1.54, 1.807) is 6.92 Å². The van der Waals surface area contributed by atoms with E-state index < -0.39 is 37.3 Å². The van der Waals surface area contributed by atoms with Gasteiger partial charge in [0.1, 0.15) is 30.5 Å². The zero-order chi connectivity index (χ0) is 31.6. The summed E-state index contributed by atoms with van der Waals surface area (Å²) in [5, 5.41) is 40.5. The topological polar surface area (TPSA) is 138 Å². The van der Waals surface area contributed by atoms with Crippen molar-refractivity contribution in [1.29, 1.82) is 0 Å². The normalized spacial score (nSPS) is 49.6. The Balaban J connectivity index is 1.20. The number of hydrogen-bond donors (Lipinski definition) is 4. The van der Waals surface area contributed by atoms with E-state index in [-0.39, 0.29) is 34.9 Å². The Morgan fingerprint density at radius 1 is 1.11 bits per heavy atom. The maximum atomic E-state index is 12.3. The van der Waals surface area contributed by atoms with Crippen molar-refractivity contribution < 1.29 is 39.4 Å². The van der Waals surface area contributed by atoms with Gasteiger partial charge >= 0.3 is 5.97 Å². The maximum Gasteiger partial charge on any atom is 0.302 e. The van der Waals surface area contributed by atoms with Crippen LogP contribution in [0.15, 0.2) is 16.6 Å². The van der Waals surface area contributed by atoms with Crippen LogP contribution in [0.5, 0.6) is 0 Å². The van der Waals surface area contributed by atoms with E-state index in [2.05, 4.69) is 33.8 Å². The average Bonchev–Trinajstić information content (AvgIpc) is 3.28. The first-order valence-corrected chi connectivity index (χ1v) is 17.2. The van der Waals surface area contributed by atoms with Gasteiger partial charge in [0.15, 0.2) is 6.29 Å². The molecular formula is C35H55NO8. The molecule has 44 heavy (non-hydrogen) atoms. The first-order chi connectivity index (χ1) is 20.9. The summed E-state index contributed by atoms with van der Waals surface area (Å²) in [4.78, 5) is 17.4. The molecule has 0 unspecified atom stereocenters. The first kappa shape index (κ1) is 32.6. The lowest BCUT2D eigenvalue weighted by atomic mass is 9.47. The largest absolute Gasteiger partial charge is 0.462 e. The molecule has 0 aromatic rings. The van der Waals surface area contributed by atoms with E-state index in [9.17, 15) is 25.2 Å². The van der Waals surface area contributed by atoms with E-state index in [0.29, 0.717) is 29.6 Å². The summed E-state index contributed by atoms with van der Waals surface area (Å²) < 4.78 is 18.0. The Bertz CT molecular complexity index is 1140. The quantitative estimate of drug-likeness (QED) is 0.261. The van der Waals surface area contributed by atoms with Crippen molar-refractivity contribution in [3.05, 3.63) is 11.6 Å². The third-order valence-corrected chi connectivity index (χ3v) is 13.2. The Labute approximate surface area is 262 Å². The number of carbonyl (C=O) groups excluding carboxylic acids is 1. The van der Waals surface area contributed by atoms with Gasteiger partial charge in [0.2, 0.25) is 0 Å². The highest BCUT2D eigenvalue weighted by Crippen LogP contribution is 2.67. The smallest absolute Gasteiger partial charge is 0.302 e. The Kier molecular flexibility index (Phi) is 9.14. The third kappa shape index (κ3) is 5.51. The standard InChI is InChI=1S/C35H55NO8/c1-18-6-9-26(36-16-18)19(2)29-27(42-20(3)38)15-25-23-8-7-21-14-22(10-12-34(21,4)24(23)11-13-35(25,29)5)43-33-32(41)31(40)30(39)28(17-37)44-33/h7,18-19,22-25,27-33,37,39-41H,6,8-17H2,1-5H3/t18-,19+,22-,23+,24-,25-,27+,28+,29-,30+,31-,32-,33-,34-,35-/m0/s1. The molecule has 0 amide bonds. The predicted molar refractivity (Wildman–Crippen MR) is 165 cm³/mol. The molecule has 15 atom stereocenters. The van der Waals surface area contributed by atoms with Gasteiger partial charge in [-0.2, -0.15) is 0 Å². The van der Waals surface area contributed by atoms with Crippen LogP contribution in [0.2, 0.25) is 0 Å². The minimum Gasteiger partial charge on any atom is -0.462 e. The molecule has 3 saturated carbocycles. The molecule has 9 nitrogen and oxygen atoms in total. The highest BCUT2D eigenvalue weighted by atomic mass is 16.7. The molecule has 4 fully saturated rings. The van der Waals surface area contributed by atoms with Gasteiger partial charge in [-0.15, -0.1) is 0 Å². The summed E-state index contributed by atoms with van der Waals surface area (Å²) in [6.07, 6.45) is 4.89. The Hall–Kier alpha value is -1.36. The van der Waals surface area contributed by atoms with Gasteiger partial charge in [-0.25, -0.2) is 0 Å². The second-order valence-electron chi connectivity index (χ2n) is 15.7. The van der Waals surface area contributed by atoms with Gasteiger partial charge in [-0.1, -0.05) is 39.3 Å². The summed E-state index contributed by atoms with van der Waals surface area (Å²) in [6.45, 7) is 11.5. The molecule has 0 spiro atoms. The molecule has 4 aliphatic carbocycles. The van der Waals surface area contributed by atoms with Crippen molar-refractivity contribution in [3.63, 3.8) is 0 Å². The van der Waals surface area contributed by atoms with Crippen LogP contribution < -0.4 is 0 Å². The summed E-state index contributed by atoms with van der Waals surface area (Å²) in [6, 6.07) is 0. The highest BCUT2D eigenvalue weighted by molar-refractivity contribution is 5.87. The molecule has 6 rings (SSSR count). The van der Waals surface area contributed by atoms with E-state index in [1.807, 2.05) is 0 Å². The lowest BCUT2D eigenvalue weighted by Gasteiger charge is -2.58. The molecule has 9 heteroatoms. The average molecular weight is 618 g/mol. The van der Waals surface area contributed by atoms with Gasteiger partial charge in [0.25, 0.3) is 0 Å². The van der Waals surface area contributed by atoms with Crippen LogP contribution in [0.4, 0.5) is 0 Å². The SMILES string of the molecule is CC(=O)O[C@@H]1C[C@H]2[C@@H]3CC=C4C[C@@H](O[C@H]5O[C@H](CO)[C@@H](O)[C@H](O)[C@@H]5O)CC[C@]4(C)[C@H]3CC[C@]2(C)[C@H]1[C@H](C)C1=NC[C@@H](C)CC1. The predicted octanol–water partition coefficient (Wildman–Crippen LogP) is 3.80. The van der Waals surface area contributed by atoms with Gasteiger partial charge < -0.3 is 34.6 Å². The Morgan fingerprint density at radius 2 is 1.89 bits per heavy atom. The molecular weight excluding hydrogens is 562 g/mol. The van der Waals surface area contributed by atoms with Crippen LogP contribution in [-0.2, 0) is 19.0 Å². The molecule has 0 aromatic carbocycles. The second kappa shape index (κ2) is 12.3. The lowest BCUT2D eigenvalue weighted by molar-refractivity contribution is -0.313. The maximum absolute atomic E-state index is 12.3. The number of ether oxygens (including phenoxy) is 3. The minimum atomic E-state index is -1.44. The van der Waals surface area contributed by atoms with Crippen LogP contribution in [0.3, 0.4) is 0 Å². The number of esters is 1. The van der Waals surface area contributed by atoms with E-state index in [0.717, 1.165) is 57.9 Å². The van der Waals surface area contributed by atoms with Crippen molar-refractivity contribution in [2.45, 2.75) is 135 Å². The zero-order valence-electron chi connectivity index (χ0n) is 27.2. The van der Waals surface area contributed by atoms with E-state index in [4.69, 9.17) is 19.2 Å². The summed E-state index contributed by atoms with van der Waals surface area (Å²) in [7, 11) is 0. The first-order valence-electron chi connectivity index (χ1n) is 17.2. The van der Waals surface area contributed by atoms with Crippen LogP contribution in [0.25, 0.3) is 0 Å². The second-order valence-corrected chi connectivity index (χ2v) is 15.7. The van der Waals surface area contributed by atoms with E-state index >= 15 is 0 Å². The Morgan fingerprint density at radius 3 is 2.57 bits per heavy atom. The molecule has 0 radical (unpaired) electrons. The molecule has 2 heterocycles. The van der Waals surface area contributed by atoms with Gasteiger partial charge in [-0.05, 0) is 92.3 Å².